The van der Waals surface area contributed by atoms with Crippen LogP contribution in [0.4, 0.5) is 0 Å². The number of nitrogens with two attached hydrogens (primary N) is 1. The van der Waals surface area contributed by atoms with Crippen LogP contribution in [0.5, 0.6) is 0 Å². The molecule has 1 rings (SSSR count). The maximum Gasteiger partial charge on any atom is 0.341 e. The molecule has 0 aliphatic rings. The number of hydrogen-bond acceptors (Lipinski definition) is 5. The maximum absolute atomic E-state index is 11.3. The molecule has 1 atom stereocenters. The van der Waals surface area contributed by atoms with Crippen LogP contribution in [0.1, 0.15) is 28.6 Å². The maximum atomic E-state index is 11.3. The molecule has 0 spiro atoms. The Morgan fingerprint density at radius 2 is 2.47 bits per heavy atom. The summed E-state index contributed by atoms with van der Waals surface area (Å²) in [5, 5.41) is 13.7. The van der Waals surface area contributed by atoms with Gasteiger partial charge < -0.3 is 15.6 Å². The Balaban J connectivity index is 3.03. The molecule has 3 N–H and O–H groups in total. The zero-order valence-electron chi connectivity index (χ0n) is 8.80. The van der Waals surface area contributed by atoms with Crippen molar-refractivity contribution < 1.29 is 14.6 Å². The third kappa shape index (κ3) is 2.34. The summed E-state index contributed by atoms with van der Waals surface area (Å²) in [4.78, 5) is 11.3. The fourth-order valence-corrected chi connectivity index (χ4v) is 1.40. The summed E-state index contributed by atoms with van der Waals surface area (Å²) in [5.41, 5.74) is 6.05. The molecular formula is C9H15N3O3. The molecule has 1 heterocycles. The van der Waals surface area contributed by atoms with E-state index in [9.17, 15) is 9.90 Å². The van der Waals surface area contributed by atoms with Crippen molar-refractivity contribution in [3.8, 4) is 0 Å². The number of carbonyl (C=O) groups excluding carboxylic acids is 1. The van der Waals surface area contributed by atoms with Crippen LogP contribution in [0, 0.1) is 0 Å². The molecule has 6 nitrogen and oxygen atoms in total. The Bertz CT molecular complexity index is 348. The molecule has 84 valence electrons. The largest absolute Gasteiger partial charge is 0.465 e. The average molecular weight is 213 g/mol. The smallest absolute Gasteiger partial charge is 0.341 e. The second-order valence-electron chi connectivity index (χ2n) is 3.15. The zero-order chi connectivity index (χ0) is 11.4. The standard InChI is InChI=1S/C9H15N3O3/c1-12-8(7(13)3-4-10)6(5-11-12)9(14)15-2/h5,7,13H,3-4,10H2,1-2H3/t7-/m1/s1. The topological polar surface area (TPSA) is 90.4 Å². The van der Waals surface area contributed by atoms with Gasteiger partial charge in [-0.3, -0.25) is 4.68 Å². The molecule has 0 aromatic carbocycles. The van der Waals surface area contributed by atoms with Crippen molar-refractivity contribution in [3.05, 3.63) is 17.5 Å². The van der Waals surface area contributed by atoms with Crippen molar-refractivity contribution in [2.24, 2.45) is 12.8 Å². The number of aliphatic hydroxyl groups excluding tert-OH is 1. The normalized spacial score (nSPS) is 12.5. The molecule has 0 unspecified atom stereocenters. The first-order valence-electron chi connectivity index (χ1n) is 4.60. The Morgan fingerprint density at radius 1 is 1.80 bits per heavy atom. The van der Waals surface area contributed by atoms with Gasteiger partial charge in [-0.05, 0) is 13.0 Å². The summed E-state index contributed by atoms with van der Waals surface area (Å²) in [7, 11) is 2.94. The van der Waals surface area contributed by atoms with E-state index < -0.39 is 12.1 Å². The van der Waals surface area contributed by atoms with Gasteiger partial charge >= 0.3 is 5.97 Å². The number of methoxy groups -OCH3 is 1. The van der Waals surface area contributed by atoms with Gasteiger partial charge in [-0.2, -0.15) is 5.10 Å². The third-order valence-electron chi connectivity index (χ3n) is 2.15. The van der Waals surface area contributed by atoms with E-state index in [4.69, 9.17) is 5.73 Å². The van der Waals surface area contributed by atoms with Crippen molar-refractivity contribution in [3.63, 3.8) is 0 Å². The van der Waals surface area contributed by atoms with Crippen molar-refractivity contribution in [2.75, 3.05) is 13.7 Å². The predicted molar refractivity (Wildman–Crippen MR) is 53.2 cm³/mol. The number of rotatable bonds is 4. The molecule has 0 saturated carbocycles. The molecule has 1 aromatic heterocycles. The number of hydrogen-bond donors (Lipinski definition) is 2. The van der Waals surface area contributed by atoms with E-state index in [0.717, 1.165) is 0 Å². The summed E-state index contributed by atoms with van der Waals surface area (Å²) in [6.45, 7) is 0.340. The third-order valence-corrected chi connectivity index (χ3v) is 2.15. The van der Waals surface area contributed by atoms with Crippen LogP contribution >= 0.6 is 0 Å². The quantitative estimate of drug-likeness (QED) is 0.663. The molecule has 0 bridgehead atoms. The molecule has 0 aliphatic carbocycles. The van der Waals surface area contributed by atoms with Crippen molar-refractivity contribution in [1.29, 1.82) is 0 Å². The molecular weight excluding hydrogens is 198 g/mol. The van der Waals surface area contributed by atoms with Gasteiger partial charge in [0.25, 0.3) is 0 Å². The highest BCUT2D eigenvalue weighted by Gasteiger charge is 2.21. The van der Waals surface area contributed by atoms with Gasteiger partial charge in [0.15, 0.2) is 0 Å². The Labute approximate surface area is 87.6 Å². The number of ether oxygens (including phenoxy) is 1. The first-order chi connectivity index (χ1) is 7.11. The molecule has 0 radical (unpaired) electrons. The molecule has 15 heavy (non-hydrogen) atoms. The lowest BCUT2D eigenvalue weighted by Crippen LogP contribution is -2.14. The highest BCUT2D eigenvalue weighted by Crippen LogP contribution is 2.20. The Morgan fingerprint density at radius 3 is 3.00 bits per heavy atom. The van der Waals surface area contributed by atoms with Gasteiger partial charge in [-0.25, -0.2) is 4.79 Å². The van der Waals surface area contributed by atoms with Crippen molar-refractivity contribution >= 4 is 5.97 Å². The number of aliphatic hydroxyl groups is 1. The number of esters is 1. The average Bonchev–Trinajstić information content (AvgIpc) is 2.59. The van der Waals surface area contributed by atoms with Crippen molar-refractivity contribution in [2.45, 2.75) is 12.5 Å². The van der Waals surface area contributed by atoms with Crippen LogP contribution in [0.3, 0.4) is 0 Å². The van der Waals surface area contributed by atoms with Crippen LogP contribution in [0.25, 0.3) is 0 Å². The lowest BCUT2D eigenvalue weighted by molar-refractivity contribution is 0.0591. The highest BCUT2D eigenvalue weighted by atomic mass is 16.5. The lowest BCUT2D eigenvalue weighted by Gasteiger charge is -2.11. The van der Waals surface area contributed by atoms with E-state index >= 15 is 0 Å². The van der Waals surface area contributed by atoms with E-state index in [1.807, 2.05) is 0 Å². The molecule has 0 aliphatic heterocycles. The van der Waals surface area contributed by atoms with Crippen LogP contribution in [-0.4, -0.2) is 34.5 Å². The first-order valence-corrected chi connectivity index (χ1v) is 4.60. The van der Waals surface area contributed by atoms with Crippen LogP contribution in [0.15, 0.2) is 6.20 Å². The SMILES string of the molecule is COC(=O)c1cnn(C)c1[C@H](O)CCN. The molecule has 0 amide bonds. The van der Waals surface area contributed by atoms with Gasteiger partial charge in [0, 0.05) is 7.05 Å². The van der Waals surface area contributed by atoms with E-state index in [0.29, 0.717) is 18.7 Å². The minimum Gasteiger partial charge on any atom is -0.465 e. The fraction of sp³-hybridized carbons (Fsp3) is 0.556. The second-order valence-corrected chi connectivity index (χ2v) is 3.15. The molecule has 0 fully saturated rings. The zero-order valence-corrected chi connectivity index (χ0v) is 8.80. The summed E-state index contributed by atoms with van der Waals surface area (Å²) >= 11 is 0. The van der Waals surface area contributed by atoms with E-state index in [1.165, 1.54) is 18.0 Å². The number of carbonyl (C=O) groups is 1. The van der Waals surface area contributed by atoms with Gasteiger partial charge in [0.1, 0.15) is 5.56 Å². The summed E-state index contributed by atoms with van der Waals surface area (Å²) in [6, 6.07) is 0. The Hall–Kier alpha value is -1.40. The van der Waals surface area contributed by atoms with Gasteiger partial charge in [-0.15, -0.1) is 0 Å². The molecule has 6 heteroatoms. The first kappa shape index (κ1) is 11.7. The minimum absolute atomic E-state index is 0.279. The lowest BCUT2D eigenvalue weighted by atomic mass is 10.1. The number of aryl methyl sites for hydroxylation is 1. The van der Waals surface area contributed by atoms with Crippen molar-refractivity contribution in [1.82, 2.24) is 9.78 Å². The predicted octanol–water partition coefficient (Wildman–Crippen LogP) is -0.411. The van der Waals surface area contributed by atoms with E-state index in [-0.39, 0.29) is 5.56 Å². The van der Waals surface area contributed by atoms with E-state index in [2.05, 4.69) is 9.84 Å². The number of nitrogens with zero attached hydrogens (tertiary/aromatic N) is 2. The molecule has 1 aromatic rings. The Kier molecular flexibility index (Phi) is 3.81. The van der Waals surface area contributed by atoms with Crippen LogP contribution < -0.4 is 5.73 Å². The highest BCUT2D eigenvalue weighted by molar-refractivity contribution is 5.90. The van der Waals surface area contributed by atoms with Gasteiger partial charge in [-0.1, -0.05) is 0 Å². The van der Waals surface area contributed by atoms with Gasteiger partial charge in [0.05, 0.1) is 25.1 Å². The molecule has 0 saturated heterocycles. The summed E-state index contributed by atoms with van der Waals surface area (Å²) in [5.74, 6) is -0.505. The van der Waals surface area contributed by atoms with Crippen LogP contribution in [0.2, 0.25) is 0 Å². The number of aromatic nitrogens is 2. The monoisotopic (exact) mass is 213 g/mol. The second kappa shape index (κ2) is 4.90. The summed E-state index contributed by atoms with van der Waals surface area (Å²) < 4.78 is 6.03. The fourth-order valence-electron chi connectivity index (χ4n) is 1.40. The van der Waals surface area contributed by atoms with Gasteiger partial charge in [0.2, 0.25) is 0 Å². The van der Waals surface area contributed by atoms with E-state index in [1.54, 1.807) is 7.05 Å². The summed E-state index contributed by atoms with van der Waals surface area (Å²) in [6.07, 6.45) is 0.960. The van der Waals surface area contributed by atoms with Crippen LogP contribution in [-0.2, 0) is 11.8 Å². The minimum atomic E-state index is -0.795.